The quantitative estimate of drug-likeness (QED) is 0.874. The summed E-state index contributed by atoms with van der Waals surface area (Å²) < 4.78 is 4.67. The van der Waals surface area contributed by atoms with E-state index in [1.807, 2.05) is 44.2 Å². The minimum atomic E-state index is -0.661. The second-order valence-electron chi connectivity index (χ2n) is 5.60. The van der Waals surface area contributed by atoms with E-state index in [9.17, 15) is 9.90 Å². The smallest absolute Gasteiger partial charge is 0.337 e. The molecule has 0 saturated heterocycles. The van der Waals surface area contributed by atoms with E-state index in [0.29, 0.717) is 5.56 Å². The number of ether oxygens (including phenoxy) is 1. The Hall–Kier alpha value is -2.13. The number of benzene rings is 2. The molecule has 0 radical (unpaired) electrons. The summed E-state index contributed by atoms with van der Waals surface area (Å²) in [5, 5.41) is 10.7. The van der Waals surface area contributed by atoms with Crippen molar-refractivity contribution in [1.29, 1.82) is 0 Å². The molecule has 0 aliphatic heterocycles. The first-order chi connectivity index (χ1) is 9.96. The second-order valence-corrected chi connectivity index (χ2v) is 5.60. The van der Waals surface area contributed by atoms with Crippen LogP contribution in [0.4, 0.5) is 0 Å². The largest absolute Gasteiger partial charge is 0.465 e. The Morgan fingerprint density at radius 3 is 2.14 bits per heavy atom. The van der Waals surface area contributed by atoms with Crippen LogP contribution in [-0.4, -0.2) is 18.2 Å². The molecule has 0 aliphatic carbocycles. The van der Waals surface area contributed by atoms with Gasteiger partial charge in [0.1, 0.15) is 0 Å². The molecule has 0 aromatic heterocycles. The maximum atomic E-state index is 11.4. The van der Waals surface area contributed by atoms with Gasteiger partial charge in [0.2, 0.25) is 0 Å². The van der Waals surface area contributed by atoms with Gasteiger partial charge in [-0.2, -0.15) is 0 Å². The number of aliphatic hydroxyl groups is 1. The van der Waals surface area contributed by atoms with Crippen molar-refractivity contribution in [3.8, 4) is 0 Å². The second kappa shape index (κ2) is 6.10. The first-order valence-electron chi connectivity index (χ1n) is 6.88. The Balaban J connectivity index is 2.27. The van der Waals surface area contributed by atoms with Gasteiger partial charge in [-0.1, -0.05) is 56.3 Å². The van der Waals surface area contributed by atoms with Gasteiger partial charge in [-0.3, -0.25) is 0 Å². The molecule has 1 atom stereocenters. The van der Waals surface area contributed by atoms with Crippen molar-refractivity contribution in [3.63, 3.8) is 0 Å². The number of rotatable bonds is 4. The summed E-state index contributed by atoms with van der Waals surface area (Å²) in [7, 11) is 1.35. The standard InChI is InChI=1S/C18H20O3/c1-18(2,15-7-5-4-6-8-15)16(19)13-9-11-14(12-10-13)17(20)21-3/h4-12,16,19H,1-3H3. The summed E-state index contributed by atoms with van der Waals surface area (Å²) in [6, 6.07) is 16.8. The van der Waals surface area contributed by atoms with Crippen molar-refractivity contribution < 1.29 is 14.6 Å². The Morgan fingerprint density at radius 1 is 1.05 bits per heavy atom. The maximum Gasteiger partial charge on any atom is 0.337 e. The van der Waals surface area contributed by atoms with E-state index < -0.39 is 11.5 Å². The third-order valence-corrected chi connectivity index (χ3v) is 3.85. The Bertz CT molecular complexity index is 600. The predicted octanol–water partition coefficient (Wildman–Crippen LogP) is 3.48. The van der Waals surface area contributed by atoms with E-state index in [0.717, 1.165) is 11.1 Å². The Morgan fingerprint density at radius 2 is 1.62 bits per heavy atom. The Kier molecular flexibility index (Phi) is 4.43. The topological polar surface area (TPSA) is 46.5 Å². The summed E-state index contributed by atoms with van der Waals surface area (Å²) in [5.74, 6) is -0.377. The van der Waals surface area contributed by atoms with Crippen molar-refractivity contribution in [2.24, 2.45) is 0 Å². The summed E-state index contributed by atoms with van der Waals surface area (Å²) in [4.78, 5) is 11.4. The lowest BCUT2D eigenvalue weighted by atomic mass is 9.76. The van der Waals surface area contributed by atoms with E-state index in [1.54, 1.807) is 24.3 Å². The van der Waals surface area contributed by atoms with Gasteiger partial charge < -0.3 is 9.84 Å². The molecule has 0 heterocycles. The van der Waals surface area contributed by atoms with Crippen LogP contribution in [0, 0.1) is 0 Å². The van der Waals surface area contributed by atoms with Gasteiger partial charge in [0.25, 0.3) is 0 Å². The first kappa shape index (κ1) is 15.3. The lowest BCUT2D eigenvalue weighted by Gasteiger charge is -2.31. The number of carbonyl (C=O) groups is 1. The molecule has 3 heteroatoms. The average molecular weight is 284 g/mol. The highest BCUT2D eigenvalue weighted by Crippen LogP contribution is 2.36. The van der Waals surface area contributed by atoms with Gasteiger partial charge in [-0.15, -0.1) is 0 Å². The highest BCUT2D eigenvalue weighted by atomic mass is 16.5. The van der Waals surface area contributed by atoms with Crippen molar-refractivity contribution in [3.05, 3.63) is 71.3 Å². The normalized spacial score (nSPS) is 12.8. The van der Waals surface area contributed by atoms with Gasteiger partial charge in [0, 0.05) is 5.41 Å². The van der Waals surface area contributed by atoms with E-state index in [2.05, 4.69) is 4.74 Å². The highest BCUT2D eigenvalue weighted by molar-refractivity contribution is 5.89. The fourth-order valence-electron chi connectivity index (χ4n) is 2.36. The van der Waals surface area contributed by atoms with Crippen molar-refractivity contribution in [2.75, 3.05) is 7.11 Å². The molecule has 0 aliphatic rings. The lowest BCUT2D eigenvalue weighted by molar-refractivity contribution is 0.0600. The van der Waals surface area contributed by atoms with Crippen molar-refractivity contribution >= 4 is 5.97 Å². The SMILES string of the molecule is COC(=O)c1ccc(C(O)C(C)(C)c2ccccc2)cc1. The number of hydrogen-bond donors (Lipinski definition) is 1. The van der Waals surface area contributed by atoms with Gasteiger partial charge in [-0.25, -0.2) is 4.79 Å². The number of methoxy groups -OCH3 is 1. The van der Waals surface area contributed by atoms with Crippen LogP contribution in [0.3, 0.4) is 0 Å². The molecule has 110 valence electrons. The van der Waals surface area contributed by atoms with E-state index in [-0.39, 0.29) is 5.97 Å². The van der Waals surface area contributed by atoms with Gasteiger partial charge in [-0.05, 0) is 23.3 Å². The first-order valence-corrected chi connectivity index (χ1v) is 6.88. The molecule has 1 N–H and O–H groups in total. The van der Waals surface area contributed by atoms with Gasteiger partial charge >= 0.3 is 5.97 Å². The molecule has 2 rings (SSSR count). The molecule has 1 unspecified atom stereocenters. The predicted molar refractivity (Wildman–Crippen MR) is 82.2 cm³/mol. The zero-order chi connectivity index (χ0) is 15.5. The molecule has 0 spiro atoms. The average Bonchev–Trinajstić information content (AvgIpc) is 2.54. The van der Waals surface area contributed by atoms with Crippen LogP contribution in [0.25, 0.3) is 0 Å². The zero-order valence-electron chi connectivity index (χ0n) is 12.5. The molecule has 0 amide bonds. The zero-order valence-corrected chi connectivity index (χ0v) is 12.5. The molecule has 3 nitrogen and oxygen atoms in total. The summed E-state index contributed by atoms with van der Waals surface area (Å²) in [6.07, 6.45) is -0.661. The third-order valence-electron chi connectivity index (χ3n) is 3.85. The lowest BCUT2D eigenvalue weighted by Crippen LogP contribution is -2.26. The Labute approximate surface area is 125 Å². The van der Waals surface area contributed by atoms with Crippen LogP contribution >= 0.6 is 0 Å². The van der Waals surface area contributed by atoms with Crippen molar-refractivity contribution in [1.82, 2.24) is 0 Å². The number of hydrogen-bond acceptors (Lipinski definition) is 3. The maximum absolute atomic E-state index is 11.4. The number of aliphatic hydroxyl groups excluding tert-OH is 1. The van der Waals surface area contributed by atoms with E-state index in [1.165, 1.54) is 7.11 Å². The molecular weight excluding hydrogens is 264 g/mol. The van der Waals surface area contributed by atoms with Gasteiger partial charge in [0.05, 0.1) is 18.8 Å². The van der Waals surface area contributed by atoms with Crippen LogP contribution in [0.15, 0.2) is 54.6 Å². The van der Waals surface area contributed by atoms with Crippen LogP contribution in [0.1, 0.15) is 41.4 Å². The molecule has 2 aromatic rings. The monoisotopic (exact) mass is 284 g/mol. The van der Waals surface area contributed by atoms with E-state index >= 15 is 0 Å². The van der Waals surface area contributed by atoms with E-state index in [4.69, 9.17) is 0 Å². The fourth-order valence-corrected chi connectivity index (χ4v) is 2.36. The van der Waals surface area contributed by atoms with Gasteiger partial charge in [0.15, 0.2) is 0 Å². The molecular formula is C18H20O3. The van der Waals surface area contributed by atoms with Crippen LogP contribution in [0.5, 0.6) is 0 Å². The summed E-state index contributed by atoms with van der Waals surface area (Å²) in [6.45, 7) is 4.00. The van der Waals surface area contributed by atoms with Crippen LogP contribution in [0.2, 0.25) is 0 Å². The molecule has 0 fully saturated rings. The minimum Gasteiger partial charge on any atom is -0.465 e. The minimum absolute atomic E-state index is 0.377. The molecule has 0 bridgehead atoms. The van der Waals surface area contributed by atoms with Crippen LogP contribution in [-0.2, 0) is 10.2 Å². The molecule has 2 aromatic carbocycles. The number of esters is 1. The summed E-state index contributed by atoms with van der Waals surface area (Å²) >= 11 is 0. The number of carbonyl (C=O) groups excluding carboxylic acids is 1. The van der Waals surface area contributed by atoms with Crippen molar-refractivity contribution in [2.45, 2.75) is 25.4 Å². The highest BCUT2D eigenvalue weighted by Gasteiger charge is 2.30. The fraction of sp³-hybridized carbons (Fsp3) is 0.278. The molecule has 0 saturated carbocycles. The third kappa shape index (κ3) is 3.14. The van der Waals surface area contributed by atoms with Crippen LogP contribution < -0.4 is 0 Å². The molecule has 21 heavy (non-hydrogen) atoms. The summed E-state index contributed by atoms with van der Waals surface area (Å²) in [5.41, 5.74) is 1.89.